The molecule has 118 valence electrons. The molecule has 1 aromatic heterocycles. The lowest BCUT2D eigenvalue weighted by molar-refractivity contribution is 0.0985. The zero-order chi connectivity index (χ0) is 15.8. The number of aromatic nitrogens is 2. The molecule has 1 atom stereocenters. The number of ether oxygens (including phenoxy) is 1. The second kappa shape index (κ2) is 5.70. The highest BCUT2D eigenvalue weighted by Crippen LogP contribution is 2.31. The average molecular weight is 334 g/mol. The van der Waals surface area contributed by atoms with Crippen LogP contribution in [0.2, 0.25) is 5.28 Å². The largest absolute Gasteiger partial charge is 0.377 e. The van der Waals surface area contributed by atoms with E-state index in [9.17, 15) is 8.42 Å². The minimum atomic E-state index is -3.33. The van der Waals surface area contributed by atoms with E-state index in [-0.39, 0.29) is 11.3 Å². The highest BCUT2D eigenvalue weighted by Gasteiger charge is 2.35. The summed E-state index contributed by atoms with van der Waals surface area (Å²) in [5, 5.41) is 0.0536. The van der Waals surface area contributed by atoms with E-state index in [1.807, 2.05) is 6.92 Å². The van der Waals surface area contributed by atoms with Crippen LogP contribution < -0.4 is 4.90 Å². The Hall–Kier alpha value is -0.920. The molecule has 0 aliphatic carbocycles. The van der Waals surface area contributed by atoms with Gasteiger partial charge in [0.25, 0.3) is 0 Å². The Labute approximate surface area is 130 Å². The number of morpholine rings is 1. The third kappa shape index (κ3) is 3.30. The summed E-state index contributed by atoms with van der Waals surface area (Å²) < 4.78 is 28.2. The van der Waals surface area contributed by atoms with Gasteiger partial charge < -0.3 is 9.64 Å². The normalized spacial score (nSPS) is 20.6. The molecule has 0 amide bonds. The van der Waals surface area contributed by atoms with Crippen LogP contribution in [0.15, 0.2) is 6.07 Å². The third-order valence-electron chi connectivity index (χ3n) is 3.89. The molecule has 0 N–H and O–H groups in total. The molecule has 0 aromatic carbocycles. The maximum absolute atomic E-state index is 12.0. The molecule has 0 saturated carbocycles. The van der Waals surface area contributed by atoms with Gasteiger partial charge in [-0.05, 0) is 32.4 Å². The Bertz CT molecular complexity index is 634. The fourth-order valence-electron chi connectivity index (χ4n) is 2.12. The SMILES string of the molecule is C[C@H]1COCCN1c1cc(C(C)(C)S(C)(=O)=O)nc(Cl)n1. The minimum absolute atomic E-state index is 0.0536. The van der Waals surface area contributed by atoms with Crippen LogP contribution in [-0.2, 0) is 19.3 Å². The Kier molecular flexibility index (Phi) is 4.46. The lowest BCUT2D eigenvalue weighted by atomic mass is 10.1. The zero-order valence-corrected chi connectivity index (χ0v) is 14.2. The topological polar surface area (TPSA) is 72.4 Å². The lowest BCUT2D eigenvalue weighted by Crippen LogP contribution is -2.44. The Morgan fingerprint density at radius 3 is 2.67 bits per heavy atom. The average Bonchev–Trinajstić information content (AvgIpc) is 2.37. The van der Waals surface area contributed by atoms with Crippen LogP contribution >= 0.6 is 11.6 Å². The molecule has 1 aliphatic rings. The van der Waals surface area contributed by atoms with E-state index in [4.69, 9.17) is 16.3 Å². The smallest absolute Gasteiger partial charge is 0.224 e. The van der Waals surface area contributed by atoms with Gasteiger partial charge >= 0.3 is 0 Å². The van der Waals surface area contributed by atoms with Crippen molar-refractivity contribution in [2.45, 2.75) is 31.6 Å². The second-order valence-electron chi connectivity index (χ2n) is 5.78. The summed E-state index contributed by atoms with van der Waals surface area (Å²) in [6.07, 6.45) is 1.19. The van der Waals surface area contributed by atoms with Crippen molar-refractivity contribution in [2.75, 3.05) is 30.9 Å². The molecule has 0 radical (unpaired) electrons. The van der Waals surface area contributed by atoms with E-state index in [0.29, 0.717) is 31.3 Å². The number of halogens is 1. The van der Waals surface area contributed by atoms with Crippen molar-refractivity contribution in [3.05, 3.63) is 17.0 Å². The van der Waals surface area contributed by atoms with Gasteiger partial charge in [0.1, 0.15) is 10.6 Å². The molecular formula is C13H20ClN3O3S. The molecule has 1 aromatic rings. The maximum Gasteiger partial charge on any atom is 0.224 e. The molecule has 6 nitrogen and oxygen atoms in total. The van der Waals surface area contributed by atoms with Crippen LogP contribution in [0.4, 0.5) is 5.82 Å². The molecule has 0 unspecified atom stereocenters. The third-order valence-corrected chi connectivity index (χ3v) is 6.12. The number of nitrogens with zero attached hydrogens (tertiary/aromatic N) is 3. The van der Waals surface area contributed by atoms with E-state index in [1.165, 1.54) is 6.26 Å². The number of hydrogen-bond donors (Lipinski definition) is 0. The van der Waals surface area contributed by atoms with E-state index in [1.54, 1.807) is 19.9 Å². The van der Waals surface area contributed by atoms with Crippen LogP contribution in [0.5, 0.6) is 0 Å². The molecule has 0 bridgehead atoms. The molecule has 8 heteroatoms. The van der Waals surface area contributed by atoms with Gasteiger partial charge in [0.05, 0.1) is 24.9 Å². The zero-order valence-electron chi connectivity index (χ0n) is 12.6. The van der Waals surface area contributed by atoms with Crippen LogP contribution in [0.25, 0.3) is 0 Å². The second-order valence-corrected chi connectivity index (χ2v) is 8.68. The van der Waals surface area contributed by atoms with Crippen molar-refractivity contribution in [3.63, 3.8) is 0 Å². The molecule has 1 fully saturated rings. The molecule has 2 rings (SSSR count). The van der Waals surface area contributed by atoms with Crippen LogP contribution in [0, 0.1) is 0 Å². The van der Waals surface area contributed by atoms with Gasteiger partial charge in [-0.25, -0.2) is 18.4 Å². The van der Waals surface area contributed by atoms with E-state index < -0.39 is 14.6 Å². The first-order valence-electron chi connectivity index (χ1n) is 6.72. The van der Waals surface area contributed by atoms with Gasteiger partial charge in [0.2, 0.25) is 5.28 Å². The quantitative estimate of drug-likeness (QED) is 0.783. The molecule has 1 saturated heterocycles. The summed E-state index contributed by atoms with van der Waals surface area (Å²) in [6.45, 7) is 7.16. The summed E-state index contributed by atoms with van der Waals surface area (Å²) in [5.41, 5.74) is 0.402. The first-order valence-corrected chi connectivity index (χ1v) is 8.99. The monoisotopic (exact) mass is 333 g/mol. The highest BCUT2D eigenvalue weighted by molar-refractivity contribution is 7.91. The molecule has 21 heavy (non-hydrogen) atoms. The van der Waals surface area contributed by atoms with Gasteiger partial charge in [0, 0.05) is 18.9 Å². The highest BCUT2D eigenvalue weighted by atomic mass is 35.5. The molecule has 2 heterocycles. The predicted molar refractivity (Wildman–Crippen MR) is 82.5 cm³/mol. The van der Waals surface area contributed by atoms with E-state index >= 15 is 0 Å². The lowest BCUT2D eigenvalue weighted by Gasteiger charge is -2.35. The van der Waals surface area contributed by atoms with Crippen molar-refractivity contribution in [1.29, 1.82) is 0 Å². The van der Waals surface area contributed by atoms with Gasteiger partial charge in [0.15, 0.2) is 9.84 Å². The van der Waals surface area contributed by atoms with E-state index in [2.05, 4.69) is 14.9 Å². The van der Waals surface area contributed by atoms with Crippen molar-refractivity contribution >= 4 is 27.3 Å². The fourth-order valence-corrected chi connectivity index (χ4v) is 2.78. The van der Waals surface area contributed by atoms with Gasteiger partial charge in [-0.1, -0.05) is 0 Å². The van der Waals surface area contributed by atoms with Gasteiger partial charge in [-0.15, -0.1) is 0 Å². The standard InChI is InChI=1S/C13H20ClN3O3S/c1-9-8-20-6-5-17(9)11-7-10(15-12(14)16-11)13(2,3)21(4,18)19/h7,9H,5-6,8H2,1-4H3/t9-/m0/s1. The van der Waals surface area contributed by atoms with Crippen molar-refractivity contribution in [1.82, 2.24) is 9.97 Å². The Morgan fingerprint density at radius 1 is 1.43 bits per heavy atom. The summed E-state index contributed by atoms with van der Waals surface area (Å²) in [5.74, 6) is 0.637. The summed E-state index contributed by atoms with van der Waals surface area (Å²) in [7, 11) is -3.33. The molecular weight excluding hydrogens is 314 g/mol. The molecule has 1 aliphatic heterocycles. The Balaban J connectivity index is 2.47. The summed E-state index contributed by atoms with van der Waals surface area (Å²) in [6, 6.07) is 1.85. The van der Waals surface area contributed by atoms with Crippen LogP contribution in [-0.4, -0.2) is 50.4 Å². The van der Waals surface area contributed by atoms with E-state index in [0.717, 1.165) is 0 Å². The Morgan fingerprint density at radius 2 is 2.10 bits per heavy atom. The predicted octanol–water partition coefficient (Wildman–Crippen LogP) is 1.63. The number of rotatable bonds is 3. The number of anilines is 1. The summed E-state index contributed by atoms with van der Waals surface area (Å²) >= 11 is 6.00. The summed E-state index contributed by atoms with van der Waals surface area (Å²) in [4.78, 5) is 10.4. The van der Waals surface area contributed by atoms with Gasteiger partial charge in [-0.3, -0.25) is 0 Å². The maximum atomic E-state index is 12.0. The van der Waals surface area contributed by atoms with Crippen LogP contribution in [0.1, 0.15) is 26.5 Å². The first-order chi connectivity index (χ1) is 9.63. The van der Waals surface area contributed by atoms with Crippen LogP contribution in [0.3, 0.4) is 0 Å². The number of sulfone groups is 1. The minimum Gasteiger partial charge on any atom is -0.377 e. The first kappa shape index (κ1) is 16.5. The molecule has 0 spiro atoms. The van der Waals surface area contributed by atoms with Crippen molar-refractivity contribution in [2.24, 2.45) is 0 Å². The number of hydrogen-bond acceptors (Lipinski definition) is 6. The van der Waals surface area contributed by atoms with Crippen molar-refractivity contribution < 1.29 is 13.2 Å². The van der Waals surface area contributed by atoms with Crippen molar-refractivity contribution in [3.8, 4) is 0 Å². The van der Waals surface area contributed by atoms with Gasteiger partial charge in [-0.2, -0.15) is 0 Å². The fraction of sp³-hybridized carbons (Fsp3) is 0.692.